The Morgan fingerprint density at radius 2 is 1.81 bits per heavy atom. The van der Waals surface area contributed by atoms with Gasteiger partial charge in [-0.3, -0.25) is 4.98 Å². The lowest BCUT2D eigenvalue weighted by Gasteiger charge is -2.11. The largest absolute Gasteiger partial charge is 0.384 e. The van der Waals surface area contributed by atoms with E-state index in [4.69, 9.17) is 0 Å². The molecule has 1 atom stereocenters. The molecule has 0 saturated heterocycles. The maximum Gasteiger partial charge on any atom is 0.126 e. The third kappa shape index (κ3) is 2.09. The molecular weight excluding hydrogens is 205 g/mol. The predicted molar refractivity (Wildman–Crippen MR) is 59.4 cm³/mol. The highest BCUT2D eigenvalue weighted by atomic mass is 19.1. The van der Waals surface area contributed by atoms with Crippen molar-refractivity contribution in [2.75, 3.05) is 0 Å². The Balaban J connectivity index is 2.34. The van der Waals surface area contributed by atoms with E-state index < -0.39 is 6.10 Å². The minimum absolute atomic E-state index is 0.259. The summed E-state index contributed by atoms with van der Waals surface area (Å²) in [6.07, 6.45) is 2.51. The molecule has 82 valence electrons. The topological polar surface area (TPSA) is 33.1 Å². The third-order valence-electron chi connectivity index (χ3n) is 2.52. The monoisotopic (exact) mass is 217 g/mol. The lowest BCUT2D eigenvalue weighted by molar-refractivity contribution is 0.220. The zero-order chi connectivity index (χ0) is 11.5. The van der Waals surface area contributed by atoms with E-state index in [-0.39, 0.29) is 5.82 Å². The zero-order valence-corrected chi connectivity index (χ0v) is 8.89. The molecule has 0 amide bonds. The van der Waals surface area contributed by atoms with Crippen molar-refractivity contribution < 1.29 is 9.50 Å². The summed E-state index contributed by atoms with van der Waals surface area (Å²) in [5.74, 6) is -0.259. The van der Waals surface area contributed by atoms with Gasteiger partial charge in [-0.05, 0) is 41.8 Å². The molecule has 1 heterocycles. The standard InChI is InChI=1S/C13H12FNO/c1-9-8-11(2-3-12(9)14)13(16)10-4-6-15-7-5-10/h2-8,13,16H,1H3. The first-order chi connectivity index (χ1) is 7.68. The number of benzene rings is 1. The molecule has 16 heavy (non-hydrogen) atoms. The Morgan fingerprint density at radius 1 is 1.12 bits per heavy atom. The number of aryl methyl sites for hydroxylation is 1. The molecule has 2 rings (SSSR count). The fourth-order valence-electron chi connectivity index (χ4n) is 1.58. The summed E-state index contributed by atoms with van der Waals surface area (Å²) in [6.45, 7) is 1.68. The molecule has 0 spiro atoms. The minimum Gasteiger partial charge on any atom is -0.384 e. The molecule has 1 N–H and O–H groups in total. The molecule has 1 aromatic heterocycles. The van der Waals surface area contributed by atoms with Crippen LogP contribution in [0, 0.1) is 12.7 Å². The summed E-state index contributed by atoms with van der Waals surface area (Å²) < 4.78 is 13.1. The molecule has 0 aliphatic heterocycles. The van der Waals surface area contributed by atoms with Crippen molar-refractivity contribution in [2.45, 2.75) is 13.0 Å². The summed E-state index contributed by atoms with van der Waals surface area (Å²) in [7, 11) is 0. The van der Waals surface area contributed by atoms with Crippen LogP contribution in [-0.4, -0.2) is 10.1 Å². The molecule has 1 unspecified atom stereocenters. The molecule has 0 fully saturated rings. The van der Waals surface area contributed by atoms with E-state index in [1.165, 1.54) is 6.07 Å². The Morgan fingerprint density at radius 3 is 2.44 bits per heavy atom. The maximum absolute atomic E-state index is 13.1. The SMILES string of the molecule is Cc1cc(C(O)c2ccncc2)ccc1F. The van der Waals surface area contributed by atoms with E-state index >= 15 is 0 Å². The van der Waals surface area contributed by atoms with Crippen molar-refractivity contribution in [3.63, 3.8) is 0 Å². The fourth-order valence-corrected chi connectivity index (χ4v) is 1.58. The van der Waals surface area contributed by atoms with Crippen LogP contribution in [0.4, 0.5) is 4.39 Å². The van der Waals surface area contributed by atoms with E-state index in [1.54, 1.807) is 43.6 Å². The summed E-state index contributed by atoms with van der Waals surface area (Å²) in [5.41, 5.74) is 1.97. The van der Waals surface area contributed by atoms with Gasteiger partial charge in [0.2, 0.25) is 0 Å². The van der Waals surface area contributed by atoms with Crippen LogP contribution in [0.5, 0.6) is 0 Å². The summed E-state index contributed by atoms with van der Waals surface area (Å²) >= 11 is 0. The van der Waals surface area contributed by atoms with Gasteiger partial charge in [0.05, 0.1) is 0 Å². The summed E-state index contributed by atoms with van der Waals surface area (Å²) in [4.78, 5) is 3.88. The van der Waals surface area contributed by atoms with Gasteiger partial charge in [-0.25, -0.2) is 4.39 Å². The average Bonchev–Trinajstić information content (AvgIpc) is 2.33. The van der Waals surface area contributed by atoms with Crippen LogP contribution in [-0.2, 0) is 0 Å². The van der Waals surface area contributed by atoms with Crippen LogP contribution in [0.3, 0.4) is 0 Å². The molecular formula is C13H12FNO. The van der Waals surface area contributed by atoms with Gasteiger partial charge in [-0.2, -0.15) is 0 Å². The van der Waals surface area contributed by atoms with Gasteiger partial charge in [0.25, 0.3) is 0 Å². The number of hydrogen-bond acceptors (Lipinski definition) is 2. The predicted octanol–water partition coefficient (Wildman–Crippen LogP) is 2.61. The lowest BCUT2D eigenvalue weighted by atomic mass is 10.0. The van der Waals surface area contributed by atoms with Crippen molar-refractivity contribution in [2.24, 2.45) is 0 Å². The molecule has 0 bridgehead atoms. The van der Waals surface area contributed by atoms with Gasteiger partial charge in [-0.15, -0.1) is 0 Å². The average molecular weight is 217 g/mol. The van der Waals surface area contributed by atoms with Gasteiger partial charge in [0.1, 0.15) is 11.9 Å². The minimum atomic E-state index is -0.734. The molecule has 0 aliphatic rings. The molecule has 1 aromatic carbocycles. The third-order valence-corrected chi connectivity index (χ3v) is 2.52. The van der Waals surface area contributed by atoms with Crippen LogP contribution in [0.15, 0.2) is 42.7 Å². The quantitative estimate of drug-likeness (QED) is 0.838. The van der Waals surface area contributed by atoms with E-state index in [9.17, 15) is 9.50 Å². The van der Waals surface area contributed by atoms with E-state index in [1.807, 2.05) is 0 Å². The molecule has 2 nitrogen and oxygen atoms in total. The second kappa shape index (κ2) is 4.41. The Kier molecular flexibility index (Phi) is 2.97. The number of pyridine rings is 1. The van der Waals surface area contributed by atoms with Crippen LogP contribution < -0.4 is 0 Å². The highest BCUT2D eigenvalue weighted by molar-refractivity contribution is 5.31. The lowest BCUT2D eigenvalue weighted by Crippen LogP contribution is -2.00. The van der Waals surface area contributed by atoms with Crippen molar-refractivity contribution in [1.82, 2.24) is 4.98 Å². The first kappa shape index (κ1) is 10.8. The first-order valence-electron chi connectivity index (χ1n) is 5.02. The second-order valence-electron chi connectivity index (χ2n) is 3.69. The Bertz CT molecular complexity index is 485. The van der Waals surface area contributed by atoms with E-state index in [0.29, 0.717) is 11.1 Å². The molecule has 3 heteroatoms. The van der Waals surface area contributed by atoms with Crippen molar-refractivity contribution in [1.29, 1.82) is 0 Å². The van der Waals surface area contributed by atoms with Crippen LogP contribution in [0.25, 0.3) is 0 Å². The van der Waals surface area contributed by atoms with Crippen molar-refractivity contribution >= 4 is 0 Å². The molecule has 0 aliphatic carbocycles. The number of rotatable bonds is 2. The van der Waals surface area contributed by atoms with Crippen molar-refractivity contribution in [3.8, 4) is 0 Å². The number of nitrogens with zero attached hydrogens (tertiary/aromatic N) is 1. The van der Waals surface area contributed by atoms with E-state index in [2.05, 4.69) is 4.98 Å². The summed E-state index contributed by atoms with van der Waals surface area (Å²) in [6, 6.07) is 8.09. The van der Waals surface area contributed by atoms with Crippen LogP contribution in [0.1, 0.15) is 22.8 Å². The van der Waals surface area contributed by atoms with Crippen LogP contribution >= 0.6 is 0 Å². The van der Waals surface area contributed by atoms with Gasteiger partial charge >= 0.3 is 0 Å². The van der Waals surface area contributed by atoms with Crippen LogP contribution in [0.2, 0.25) is 0 Å². The number of aliphatic hydroxyl groups is 1. The Labute approximate surface area is 93.4 Å². The van der Waals surface area contributed by atoms with Gasteiger partial charge in [0.15, 0.2) is 0 Å². The smallest absolute Gasteiger partial charge is 0.126 e. The number of hydrogen-bond donors (Lipinski definition) is 1. The molecule has 0 saturated carbocycles. The van der Waals surface area contributed by atoms with Gasteiger partial charge < -0.3 is 5.11 Å². The highest BCUT2D eigenvalue weighted by Crippen LogP contribution is 2.22. The number of halogens is 1. The highest BCUT2D eigenvalue weighted by Gasteiger charge is 2.11. The fraction of sp³-hybridized carbons (Fsp3) is 0.154. The second-order valence-corrected chi connectivity index (χ2v) is 3.69. The van der Waals surface area contributed by atoms with Crippen molar-refractivity contribution in [3.05, 3.63) is 65.2 Å². The van der Waals surface area contributed by atoms with E-state index in [0.717, 1.165) is 5.56 Å². The van der Waals surface area contributed by atoms with Gasteiger partial charge in [0, 0.05) is 12.4 Å². The molecule has 2 aromatic rings. The van der Waals surface area contributed by atoms with Gasteiger partial charge in [-0.1, -0.05) is 12.1 Å². The first-order valence-corrected chi connectivity index (χ1v) is 5.02. The number of aliphatic hydroxyl groups excluding tert-OH is 1. The molecule has 0 radical (unpaired) electrons. The zero-order valence-electron chi connectivity index (χ0n) is 8.89. The normalized spacial score (nSPS) is 12.4. The Hall–Kier alpha value is -1.74. The number of aromatic nitrogens is 1. The maximum atomic E-state index is 13.1. The summed E-state index contributed by atoms with van der Waals surface area (Å²) in [5, 5.41) is 10.1.